The fourth-order valence-electron chi connectivity index (χ4n) is 9.50. The van der Waals surface area contributed by atoms with Gasteiger partial charge in [0.2, 0.25) is 12.2 Å². The number of hydrogen-bond acceptors (Lipinski definition) is 6. The summed E-state index contributed by atoms with van der Waals surface area (Å²) < 4.78 is 11.2. The minimum absolute atomic E-state index is 0.394. The molecule has 0 saturated heterocycles. The van der Waals surface area contributed by atoms with Crippen LogP contribution in [0.2, 0.25) is 0 Å². The summed E-state index contributed by atoms with van der Waals surface area (Å²) in [4.78, 5) is 26.3. The third-order valence-electron chi connectivity index (χ3n) is 12.6. The summed E-state index contributed by atoms with van der Waals surface area (Å²) in [5.74, 6) is 2.48. The Morgan fingerprint density at radius 2 is 0.941 bits per heavy atom. The summed E-state index contributed by atoms with van der Waals surface area (Å²) in [6, 6.07) is 76.8. The molecule has 0 atom stereocenters. The highest BCUT2D eigenvalue weighted by atomic mass is 16.3. The molecule has 0 fully saturated rings. The van der Waals surface area contributed by atoms with E-state index >= 15 is 0 Å². The number of nitrogens with zero attached hydrogens (tertiary/aromatic N) is 7. The normalized spacial score (nSPS) is 11.5. The van der Waals surface area contributed by atoms with Crippen LogP contribution in [0.3, 0.4) is 0 Å². The Balaban J connectivity index is 1.08. The molecule has 13 rings (SSSR count). The summed E-state index contributed by atoms with van der Waals surface area (Å²) in [7, 11) is 0. The van der Waals surface area contributed by atoms with Crippen molar-refractivity contribution >= 4 is 43.7 Å². The zero-order valence-corrected chi connectivity index (χ0v) is 36.5. The second-order valence-corrected chi connectivity index (χ2v) is 16.7. The van der Waals surface area contributed by atoms with Gasteiger partial charge in [0.1, 0.15) is 11.3 Å². The Kier molecular flexibility index (Phi) is 9.31. The summed E-state index contributed by atoms with van der Waals surface area (Å²) in [6.45, 7) is 0. The molecule has 13 aromatic rings. The highest BCUT2D eigenvalue weighted by molar-refractivity contribution is 6.21. The second kappa shape index (κ2) is 16.2. The molecule has 8 heteroatoms. The van der Waals surface area contributed by atoms with E-state index in [4.69, 9.17) is 29.3 Å². The smallest absolute Gasteiger partial charge is 0.316 e. The molecule has 8 nitrogen and oxygen atoms in total. The van der Waals surface area contributed by atoms with E-state index in [1.807, 2.05) is 102 Å². The van der Waals surface area contributed by atoms with Crippen molar-refractivity contribution in [3.63, 3.8) is 0 Å². The molecule has 0 spiro atoms. The summed E-state index contributed by atoms with van der Waals surface area (Å²) in [5, 5.41) is 4.24. The average Bonchev–Trinajstić information content (AvgIpc) is 3.97. The minimum atomic E-state index is 0.394. The quantitative estimate of drug-likeness (QED) is 0.141. The van der Waals surface area contributed by atoms with Gasteiger partial charge in [-0.2, -0.15) is 4.57 Å². The van der Waals surface area contributed by atoms with Gasteiger partial charge in [0, 0.05) is 38.4 Å². The molecule has 0 saturated carbocycles. The number of rotatable bonds is 8. The molecule has 0 amide bonds. The lowest BCUT2D eigenvalue weighted by molar-refractivity contribution is -0.590. The van der Waals surface area contributed by atoms with Gasteiger partial charge >= 0.3 is 11.6 Å². The van der Waals surface area contributed by atoms with Crippen molar-refractivity contribution in [3.05, 3.63) is 231 Å². The maximum atomic E-state index is 6.89. The van der Waals surface area contributed by atoms with Gasteiger partial charge in [0.15, 0.2) is 17.2 Å². The van der Waals surface area contributed by atoms with Crippen molar-refractivity contribution in [2.45, 2.75) is 0 Å². The standard InChI is InChI=1S/C60H38N7O/c1-6-19-39(20-7-1)45-30-18-31-46(40-21-8-2-9-22-40)53(45)58-61-38-66(60(65-58)59-63-56(41-23-10-3-11-24-41)62-57(64-59)42-25-12-4-13-26-42)44-33-36-52-50(37-44)49-35-34-48-47-29-16-17-32-51(47)67(54(48)55(49)68-52)43-27-14-5-15-28-43/h1-38H/q+1. The van der Waals surface area contributed by atoms with Crippen LogP contribution in [0.25, 0.3) is 123 Å². The minimum Gasteiger partial charge on any atom is -0.454 e. The predicted molar refractivity (Wildman–Crippen MR) is 271 cm³/mol. The van der Waals surface area contributed by atoms with Crippen molar-refractivity contribution in [2.24, 2.45) is 0 Å². The van der Waals surface area contributed by atoms with Gasteiger partial charge in [0.05, 0.1) is 16.6 Å². The lowest BCUT2D eigenvalue weighted by Crippen LogP contribution is -2.36. The van der Waals surface area contributed by atoms with Gasteiger partial charge in [-0.3, -0.25) is 0 Å². The van der Waals surface area contributed by atoms with Gasteiger partial charge in [0.25, 0.3) is 0 Å². The highest BCUT2D eigenvalue weighted by Crippen LogP contribution is 2.42. The summed E-state index contributed by atoms with van der Waals surface area (Å²) in [5.41, 5.74) is 12.3. The number of para-hydroxylation sites is 2. The maximum Gasteiger partial charge on any atom is 0.316 e. The first kappa shape index (κ1) is 39.0. The second-order valence-electron chi connectivity index (χ2n) is 16.7. The fourth-order valence-corrected chi connectivity index (χ4v) is 9.50. The molecule has 0 radical (unpaired) electrons. The number of fused-ring (bicyclic) bond motifs is 7. The Morgan fingerprint density at radius 3 is 1.57 bits per heavy atom. The fraction of sp³-hybridized carbons (Fsp3) is 0. The first-order valence-corrected chi connectivity index (χ1v) is 22.6. The molecule has 0 aliphatic carbocycles. The molecule has 0 unspecified atom stereocenters. The molecular weight excluding hydrogens is 835 g/mol. The third-order valence-corrected chi connectivity index (χ3v) is 12.6. The molecule has 0 aliphatic rings. The third kappa shape index (κ3) is 6.62. The van der Waals surface area contributed by atoms with Gasteiger partial charge in [-0.25, -0.2) is 15.0 Å². The van der Waals surface area contributed by atoms with E-state index in [2.05, 4.69) is 138 Å². The van der Waals surface area contributed by atoms with Crippen LogP contribution in [0.5, 0.6) is 0 Å². The number of aromatic nitrogens is 7. The zero-order chi connectivity index (χ0) is 45.0. The first-order valence-electron chi connectivity index (χ1n) is 22.6. The van der Waals surface area contributed by atoms with Gasteiger partial charge in [-0.15, -0.1) is 0 Å². The van der Waals surface area contributed by atoms with Crippen LogP contribution in [0.15, 0.2) is 235 Å². The molecule has 4 aromatic heterocycles. The van der Waals surface area contributed by atoms with Crippen LogP contribution >= 0.6 is 0 Å². The Labute approximate surface area is 390 Å². The van der Waals surface area contributed by atoms with E-state index in [-0.39, 0.29) is 0 Å². The monoisotopic (exact) mass is 872 g/mol. The van der Waals surface area contributed by atoms with Crippen LogP contribution in [0, 0.1) is 0 Å². The highest BCUT2D eigenvalue weighted by Gasteiger charge is 2.29. The molecule has 68 heavy (non-hydrogen) atoms. The lowest BCUT2D eigenvalue weighted by Gasteiger charge is -2.13. The number of benzene rings is 9. The Morgan fingerprint density at radius 1 is 0.397 bits per heavy atom. The number of furan rings is 1. The van der Waals surface area contributed by atoms with Crippen LogP contribution in [-0.2, 0) is 0 Å². The molecule has 0 N–H and O–H groups in total. The maximum absolute atomic E-state index is 6.89. The van der Waals surface area contributed by atoms with Crippen LogP contribution in [-0.4, -0.2) is 29.5 Å². The predicted octanol–water partition coefficient (Wildman–Crippen LogP) is 13.9. The molecule has 318 valence electrons. The summed E-state index contributed by atoms with van der Waals surface area (Å²) in [6.07, 6.45) is 1.84. The van der Waals surface area contributed by atoms with E-state index in [0.717, 1.165) is 94.1 Å². The van der Waals surface area contributed by atoms with Crippen LogP contribution in [0.4, 0.5) is 0 Å². The summed E-state index contributed by atoms with van der Waals surface area (Å²) >= 11 is 0. The number of hydrogen-bond donors (Lipinski definition) is 0. The molecule has 4 heterocycles. The first-order chi connectivity index (χ1) is 33.7. The lowest BCUT2D eigenvalue weighted by atomic mass is 9.91. The van der Waals surface area contributed by atoms with Crippen molar-refractivity contribution < 1.29 is 8.98 Å². The van der Waals surface area contributed by atoms with E-state index in [0.29, 0.717) is 29.1 Å². The molecule has 9 aromatic carbocycles. The van der Waals surface area contributed by atoms with E-state index in [1.54, 1.807) is 0 Å². The topological polar surface area (TPSA) is 86.4 Å². The van der Waals surface area contributed by atoms with Gasteiger partial charge in [-0.05, 0) is 64.7 Å². The molecular formula is C60H38N7O+. The van der Waals surface area contributed by atoms with E-state index in [1.165, 1.54) is 0 Å². The van der Waals surface area contributed by atoms with E-state index in [9.17, 15) is 0 Å². The molecule has 0 aliphatic heterocycles. The molecule has 0 bridgehead atoms. The average molecular weight is 873 g/mol. The van der Waals surface area contributed by atoms with Crippen LogP contribution in [0.1, 0.15) is 0 Å². The van der Waals surface area contributed by atoms with E-state index < -0.39 is 0 Å². The van der Waals surface area contributed by atoms with Crippen molar-refractivity contribution in [1.82, 2.24) is 29.5 Å². The Hall–Kier alpha value is -9.40. The van der Waals surface area contributed by atoms with Crippen molar-refractivity contribution in [1.29, 1.82) is 0 Å². The van der Waals surface area contributed by atoms with Crippen molar-refractivity contribution in [3.8, 4) is 79.4 Å². The van der Waals surface area contributed by atoms with Crippen LogP contribution < -0.4 is 4.57 Å². The SMILES string of the molecule is c1ccc(-c2nc(-c3ccccc3)nc(-c3nc(-c4c(-c5ccccc5)cccc4-c4ccccc4)nc[n+]3-c3ccc4oc5c(ccc6c7ccccc7n(-c7ccccc7)c65)c4c3)n2)cc1. The Bertz CT molecular complexity index is 3890. The van der Waals surface area contributed by atoms with Crippen molar-refractivity contribution in [2.75, 3.05) is 0 Å². The zero-order valence-electron chi connectivity index (χ0n) is 36.5. The van der Waals surface area contributed by atoms with Gasteiger partial charge in [-0.1, -0.05) is 192 Å². The largest absolute Gasteiger partial charge is 0.454 e. The van der Waals surface area contributed by atoms with Gasteiger partial charge < -0.3 is 8.98 Å².